The number of hydrogen-bond donors (Lipinski definition) is 0. The van der Waals surface area contributed by atoms with Crippen LogP contribution in [0.4, 0.5) is 0 Å². The lowest BCUT2D eigenvalue weighted by molar-refractivity contribution is 0.0982. The molecule has 4 nitrogen and oxygen atoms in total. The smallest absolute Gasteiger partial charge is 0.243 e. The van der Waals surface area contributed by atoms with E-state index in [1.54, 1.807) is 34.6 Å². The van der Waals surface area contributed by atoms with E-state index in [4.69, 9.17) is 4.74 Å². The molecule has 116 valence electrons. The van der Waals surface area contributed by atoms with Gasteiger partial charge in [-0.2, -0.15) is 4.31 Å². The molecule has 1 aliphatic heterocycles. The van der Waals surface area contributed by atoms with Gasteiger partial charge in [0.2, 0.25) is 10.0 Å². The Morgan fingerprint density at radius 1 is 1.29 bits per heavy atom. The van der Waals surface area contributed by atoms with Crippen LogP contribution in [0.2, 0.25) is 0 Å². The van der Waals surface area contributed by atoms with Crippen LogP contribution in [0.15, 0.2) is 46.3 Å². The van der Waals surface area contributed by atoms with Gasteiger partial charge in [0.05, 0.1) is 11.5 Å². The van der Waals surface area contributed by atoms with Crippen molar-refractivity contribution >= 4 is 26.0 Å². The summed E-state index contributed by atoms with van der Waals surface area (Å²) in [6.45, 7) is 5.96. The summed E-state index contributed by atoms with van der Waals surface area (Å²) in [5.41, 5.74) is 0. The molecule has 0 N–H and O–H groups in total. The van der Waals surface area contributed by atoms with Gasteiger partial charge in [0.1, 0.15) is 0 Å². The third kappa shape index (κ3) is 4.39. The minimum atomic E-state index is -3.37. The maximum atomic E-state index is 12.5. The van der Waals surface area contributed by atoms with Crippen molar-refractivity contribution in [2.24, 2.45) is 5.92 Å². The largest absolute Gasteiger partial charge is 0.377 e. The van der Waals surface area contributed by atoms with Crippen molar-refractivity contribution in [3.63, 3.8) is 0 Å². The van der Waals surface area contributed by atoms with Crippen molar-refractivity contribution in [3.8, 4) is 0 Å². The lowest BCUT2D eigenvalue weighted by Gasteiger charge is -2.31. The minimum Gasteiger partial charge on any atom is -0.377 e. The summed E-state index contributed by atoms with van der Waals surface area (Å²) in [4.78, 5) is 0.354. The van der Waals surface area contributed by atoms with E-state index in [9.17, 15) is 8.42 Å². The predicted octanol–water partition coefficient (Wildman–Crippen LogP) is 3.05. The van der Waals surface area contributed by atoms with Crippen LogP contribution < -0.4 is 0 Å². The molecule has 1 fully saturated rings. The molecule has 1 aromatic rings. The van der Waals surface area contributed by atoms with E-state index in [-0.39, 0.29) is 0 Å². The number of halogens is 1. The summed E-state index contributed by atoms with van der Waals surface area (Å²) >= 11 is 3.32. The number of sulfonamides is 1. The molecule has 6 heteroatoms. The molecule has 1 heterocycles. The molecular weight excluding hydrogens is 354 g/mol. The number of ether oxygens (including phenoxy) is 1. The molecular formula is C15H20BrNO3S. The fourth-order valence-electron chi connectivity index (χ4n) is 2.39. The normalized spacial score (nSPS) is 17.8. The van der Waals surface area contributed by atoms with Crippen LogP contribution >= 0.6 is 15.9 Å². The van der Waals surface area contributed by atoms with Crippen molar-refractivity contribution in [2.75, 3.05) is 26.3 Å². The highest BCUT2D eigenvalue weighted by Gasteiger charge is 2.29. The Labute approximate surface area is 135 Å². The van der Waals surface area contributed by atoms with E-state index in [1.807, 2.05) is 0 Å². The minimum absolute atomic E-state index is 0.354. The number of piperidine rings is 1. The molecule has 21 heavy (non-hydrogen) atoms. The molecule has 2 rings (SSSR count). The van der Waals surface area contributed by atoms with Gasteiger partial charge in [0.15, 0.2) is 0 Å². The van der Waals surface area contributed by atoms with E-state index in [0.717, 1.165) is 17.3 Å². The Morgan fingerprint density at radius 2 is 1.90 bits per heavy atom. The zero-order valence-corrected chi connectivity index (χ0v) is 14.3. The number of rotatable bonds is 6. The highest BCUT2D eigenvalue weighted by atomic mass is 79.9. The molecule has 1 aromatic carbocycles. The van der Waals surface area contributed by atoms with Gasteiger partial charge in [-0.15, -0.1) is 6.58 Å². The Balaban J connectivity index is 1.94. The molecule has 0 amide bonds. The topological polar surface area (TPSA) is 46.6 Å². The van der Waals surface area contributed by atoms with Crippen LogP contribution in [0.1, 0.15) is 12.8 Å². The van der Waals surface area contributed by atoms with Gasteiger partial charge in [-0.1, -0.05) is 22.0 Å². The quantitative estimate of drug-likeness (QED) is 0.568. The zero-order valence-electron chi connectivity index (χ0n) is 11.9. The summed E-state index contributed by atoms with van der Waals surface area (Å²) in [5.74, 6) is 0.432. The lowest BCUT2D eigenvalue weighted by atomic mass is 9.99. The molecule has 1 saturated heterocycles. The van der Waals surface area contributed by atoms with Gasteiger partial charge in [-0.05, 0) is 43.0 Å². The van der Waals surface area contributed by atoms with Crippen LogP contribution in [-0.2, 0) is 14.8 Å². The zero-order chi connectivity index (χ0) is 15.3. The number of nitrogens with zero attached hydrogens (tertiary/aromatic N) is 1. The number of benzene rings is 1. The maximum Gasteiger partial charge on any atom is 0.243 e. The molecule has 0 bridgehead atoms. The first-order valence-electron chi connectivity index (χ1n) is 6.98. The Morgan fingerprint density at radius 3 is 2.48 bits per heavy atom. The van der Waals surface area contributed by atoms with Crippen molar-refractivity contribution in [3.05, 3.63) is 41.4 Å². The van der Waals surface area contributed by atoms with E-state index in [1.165, 1.54) is 0 Å². The first-order chi connectivity index (χ1) is 10.0. The van der Waals surface area contributed by atoms with Crippen molar-refractivity contribution in [1.29, 1.82) is 0 Å². The maximum absolute atomic E-state index is 12.5. The first kappa shape index (κ1) is 16.7. The molecule has 0 radical (unpaired) electrons. The van der Waals surface area contributed by atoms with E-state index < -0.39 is 10.0 Å². The molecule has 0 atom stereocenters. The predicted molar refractivity (Wildman–Crippen MR) is 86.6 cm³/mol. The van der Waals surface area contributed by atoms with E-state index >= 15 is 0 Å². The average Bonchev–Trinajstić information content (AvgIpc) is 2.48. The molecule has 0 aromatic heterocycles. The van der Waals surface area contributed by atoms with Crippen molar-refractivity contribution in [1.82, 2.24) is 4.31 Å². The van der Waals surface area contributed by atoms with Gasteiger partial charge in [0, 0.05) is 24.2 Å². The molecule has 0 saturated carbocycles. The highest BCUT2D eigenvalue weighted by molar-refractivity contribution is 9.10. The average molecular weight is 374 g/mol. The van der Waals surface area contributed by atoms with Gasteiger partial charge in [-0.25, -0.2) is 8.42 Å². The molecule has 0 aliphatic carbocycles. The fraction of sp³-hybridized carbons (Fsp3) is 0.467. The van der Waals surface area contributed by atoms with E-state index in [2.05, 4.69) is 22.5 Å². The molecule has 0 unspecified atom stereocenters. The lowest BCUT2D eigenvalue weighted by Crippen LogP contribution is -2.39. The second-order valence-corrected chi connectivity index (χ2v) is 7.98. The van der Waals surface area contributed by atoms with Crippen LogP contribution in [-0.4, -0.2) is 39.0 Å². The van der Waals surface area contributed by atoms with Gasteiger partial charge in [0.25, 0.3) is 0 Å². The van der Waals surface area contributed by atoms with Crippen molar-refractivity contribution in [2.45, 2.75) is 17.7 Å². The SMILES string of the molecule is C=CCOCC1CCN(S(=O)(=O)c2ccc(Br)cc2)CC1. The van der Waals surface area contributed by atoms with E-state index in [0.29, 0.717) is 37.1 Å². The van der Waals surface area contributed by atoms with Crippen LogP contribution in [0.3, 0.4) is 0 Å². The number of hydrogen-bond acceptors (Lipinski definition) is 3. The second kappa shape index (κ2) is 7.54. The molecule has 0 spiro atoms. The fourth-order valence-corrected chi connectivity index (χ4v) is 4.12. The summed E-state index contributed by atoms with van der Waals surface area (Å²) in [6.07, 6.45) is 3.41. The summed E-state index contributed by atoms with van der Waals surface area (Å²) < 4.78 is 33.0. The Kier molecular flexibility index (Phi) is 5.98. The van der Waals surface area contributed by atoms with Crippen LogP contribution in [0.5, 0.6) is 0 Å². The second-order valence-electron chi connectivity index (χ2n) is 5.13. The third-order valence-corrected chi connectivity index (χ3v) is 6.06. The van der Waals surface area contributed by atoms with Gasteiger partial charge < -0.3 is 4.74 Å². The highest BCUT2D eigenvalue weighted by Crippen LogP contribution is 2.24. The monoisotopic (exact) mass is 373 g/mol. The standard InChI is InChI=1S/C15H20BrNO3S/c1-2-11-20-12-13-7-9-17(10-8-13)21(18,19)15-5-3-14(16)4-6-15/h2-6,13H,1,7-12H2. The van der Waals surface area contributed by atoms with Crippen molar-refractivity contribution < 1.29 is 13.2 Å². The Hall–Kier alpha value is -0.690. The first-order valence-corrected chi connectivity index (χ1v) is 9.21. The Bertz CT molecular complexity index is 563. The summed E-state index contributed by atoms with van der Waals surface area (Å²) in [6, 6.07) is 6.78. The van der Waals surface area contributed by atoms with Crippen LogP contribution in [0.25, 0.3) is 0 Å². The van der Waals surface area contributed by atoms with Crippen LogP contribution in [0, 0.1) is 5.92 Å². The van der Waals surface area contributed by atoms with Gasteiger partial charge in [-0.3, -0.25) is 0 Å². The summed E-state index contributed by atoms with van der Waals surface area (Å²) in [5, 5.41) is 0. The third-order valence-electron chi connectivity index (χ3n) is 3.61. The summed E-state index contributed by atoms with van der Waals surface area (Å²) in [7, 11) is -3.37. The molecule has 1 aliphatic rings. The van der Waals surface area contributed by atoms with Gasteiger partial charge >= 0.3 is 0 Å².